The maximum absolute atomic E-state index is 12.6. The molecule has 6 atom stereocenters. The Bertz CT molecular complexity index is 730. The Kier molecular flexibility index (Phi) is 10.4. The zero-order valence-electron chi connectivity index (χ0n) is 19.0. The molecule has 1 fully saturated rings. The number of esters is 3. The van der Waals surface area contributed by atoms with E-state index in [1.165, 1.54) is 27.2 Å². The largest absolute Gasteiger partial charge is 0.465 e. The van der Waals surface area contributed by atoms with Crippen molar-refractivity contribution in [2.75, 3.05) is 20.5 Å². The molecular formula is C19H29NO11S. The second-order valence-corrected chi connectivity index (χ2v) is 7.70. The Hall–Kier alpha value is -2.38. The van der Waals surface area contributed by atoms with Crippen LogP contribution in [0.1, 0.15) is 34.1 Å². The number of carbonyl (C=O) groups excluding carboxylic acids is 5. The van der Waals surface area contributed by atoms with Gasteiger partial charge < -0.3 is 33.7 Å². The van der Waals surface area contributed by atoms with Crippen LogP contribution in [0.4, 0.5) is 4.79 Å². The third kappa shape index (κ3) is 7.07. The summed E-state index contributed by atoms with van der Waals surface area (Å²) in [7, 11) is 2.28. The lowest BCUT2D eigenvalue weighted by Gasteiger charge is -2.47. The predicted octanol–water partition coefficient (Wildman–Crippen LogP) is 0.547. The Morgan fingerprint density at radius 1 is 1.06 bits per heavy atom. The Morgan fingerprint density at radius 2 is 1.69 bits per heavy atom. The Labute approximate surface area is 189 Å². The number of carbonyl (C=O) groups is 5. The summed E-state index contributed by atoms with van der Waals surface area (Å²) in [6.45, 7) is 4.94. The lowest BCUT2D eigenvalue weighted by molar-refractivity contribution is -0.305. The van der Waals surface area contributed by atoms with Gasteiger partial charge in [0.15, 0.2) is 6.10 Å². The molecular weight excluding hydrogens is 450 g/mol. The van der Waals surface area contributed by atoms with Gasteiger partial charge in [0.25, 0.3) is 5.79 Å². The van der Waals surface area contributed by atoms with E-state index in [1.54, 1.807) is 0 Å². The second kappa shape index (κ2) is 12.0. The quantitative estimate of drug-likeness (QED) is 0.382. The van der Waals surface area contributed by atoms with E-state index < -0.39 is 65.4 Å². The molecule has 0 unspecified atom stereocenters. The molecule has 1 saturated heterocycles. The Morgan fingerprint density at radius 3 is 2.12 bits per heavy atom. The number of hydrogen-bond acceptors (Lipinski definition) is 12. The molecule has 0 aromatic rings. The summed E-state index contributed by atoms with van der Waals surface area (Å²) >= 11 is 0.789. The van der Waals surface area contributed by atoms with Crippen LogP contribution < -0.4 is 5.32 Å². The monoisotopic (exact) mass is 479 g/mol. The van der Waals surface area contributed by atoms with E-state index in [9.17, 15) is 24.0 Å². The summed E-state index contributed by atoms with van der Waals surface area (Å²) in [6.07, 6.45) is -3.72. The molecule has 0 aromatic heterocycles. The van der Waals surface area contributed by atoms with Gasteiger partial charge in [0.2, 0.25) is 5.91 Å². The molecule has 12 nitrogen and oxygen atoms in total. The van der Waals surface area contributed by atoms with Crippen LogP contribution in [0.5, 0.6) is 0 Å². The minimum atomic E-state index is -2.06. The van der Waals surface area contributed by atoms with Crippen LogP contribution in [-0.4, -0.2) is 85.8 Å². The van der Waals surface area contributed by atoms with Gasteiger partial charge in [-0.2, -0.15) is 0 Å². The summed E-state index contributed by atoms with van der Waals surface area (Å²) in [5.74, 6) is -4.97. The van der Waals surface area contributed by atoms with Gasteiger partial charge >= 0.3 is 23.2 Å². The molecule has 1 amide bonds. The number of rotatable bonds is 8. The van der Waals surface area contributed by atoms with Gasteiger partial charge in [-0.3, -0.25) is 14.4 Å². The van der Waals surface area contributed by atoms with Crippen molar-refractivity contribution in [2.24, 2.45) is 0 Å². The van der Waals surface area contributed by atoms with Gasteiger partial charge in [-0.05, 0) is 24.9 Å². The summed E-state index contributed by atoms with van der Waals surface area (Å²) < 4.78 is 32.0. The first-order chi connectivity index (χ1) is 14.9. The van der Waals surface area contributed by atoms with E-state index >= 15 is 0 Å². The van der Waals surface area contributed by atoms with Crippen LogP contribution >= 0.6 is 11.8 Å². The standard InChI is InChI=1S/C19H29NO11S/c1-9(28-18(25)32-7)15(30-12(4)23)16-14(20-10(2)21)13(29-11(3)22)8-19(27-6,31-16)17(24)26-5/h9,13-16H,8H2,1-7H3,(H,20,21)/t9-,13+,14-,15-,16-,19+/m1/s1. The SMILES string of the molecule is COC(=O)[C@]1(OC)C[C@H](OC(C)=O)[C@@H](NC(C)=O)[C@H]([C@H](OC(C)=O)[C@@H](C)OC(=O)SC)O1. The highest BCUT2D eigenvalue weighted by atomic mass is 32.2. The highest BCUT2D eigenvalue weighted by Gasteiger charge is 2.58. The van der Waals surface area contributed by atoms with Crippen molar-refractivity contribution in [1.82, 2.24) is 5.32 Å². The average Bonchev–Trinajstić information content (AvgIpc) is 2.71. The average molecular weight is 480 g/mol. The van der Waals surface area contributed by atoms with Crippen LogP contribution in [0.15, 0.2) is 0 Å². The molecule has 0 bridgehead atoms. The Balaban J connectivity index is 3.58. The lowest BCUT2D eigenvalue weighted by atomic mass is 9.88. The van der Waals surface area contributed by atoms with Crippen molar-refractivity contribution in [1.29, 1.82) is 0 Å². The van der Waals surface area contributed by atoms with Gasteiger partial charge in [-0.15, -0.1) is 0 Å². The maximum atomic E-state index is 12.6. The van der Waals surface area contributed by atoms with Crippen LogP contribution in [-0.2, 0) is 47.6 Å². The molecule has 1 N–H and O–H groups in total. The van der Waals surface area contributed by atoms with Crippen molar-refractivity contribution in [2.45, 2.75) is 70.4 Å². The van der Waals surface area contributed by atoms with Crippen molar-refractivity contribution in [3.8, 4) is 0 Å². The van der Waals surface area contributed by atoms with Crippen molar-refractivity contribution >= 4 is 40.9 Å². The third-order valence-electron chi connectivity index (χ3n) is 4.60. The molecule has 1 aliphatic rings. The topological polar surface area (TPSA) is 153 Å². The van der Waals surface area contributed by atoms with Gasteiger partial charge in [0.05, 0.1) is 19.6 Å². The molecule has 32 heavy (non-hydrogen) atoms. The van der Waals surface area contributed by atoms with E-state index in [4.69, 9.17) is 28.4 Å². The molecule has 0 radical (unpaired) electrons. The first kappa shape index (κ1) is 27.7. The highest BCUT2D eigenvalue weighted by Crippen LogP contribution is 2.36. The lowest BCUT2D eigenvalue weighted by Crippen LogP contribution is -2.68. The highest BCUT2D eigenvalue weighted by molar-refractivity contribution is 8.12. The normalized spacial score (nSPS) is 26.8. The number of methoxy groups -OCH3 is 2. The van der Waals surface area contributed by atoms with E-state index in [-0.39, 0.29) is 6.42 Å². The fraction of sp³-hybridized carbons (Fsp3) is 0.737. The molecule has 13 heteroatoms. The summed E-state index contributed by atoms with van der Waals surface area (Å²) in [4.78, 5) is 59.9. The summed E-state index contributed by atoms with van der Waals surface area (Å²) in [6, 6.07) is -1.09. The van der Waals surface area contributed by atoms with Crippen LogP contribution in [0.25, 0.3) is 0 Å². The second-order valence-electron chi connectivity index (χ2n) is 6.96. The smallest absolute Gasteiger partial charge is 0.367 e. The molecule has 1 rings (SSSR count). The molecule has 1 aliphatic heterocycles. The van der Waals surface area contributed by atoms with E-state index in [1.807, 2.05) is 0 Å². The molecule has 182 valence electrons. The van der Waals surface area contributed by atoms with Gasteiger partial charge in [-0.25, -0.2) is 9.59 Å². The summed E-state index contributed by atoms with van der Waals surface area (Å²) in [5.41, 5.74) is 0. The first-order valence-corrected chi connectivity index (χ1v) is 10.8. The number of nitrogens with one attached hydrogen (secondary N) is 1. The molecule has 0 spiro atoms. The number of amides is 1. The van der Waals surface area contributed by atoms with E-state index in [0.717, 1.165) is 32.7 Å². The van der Waals surface area contributed by atoms with E-state index in [2.05, 4.69) is 5.32 Å². The molecule has 0 aliphatic carbocycles. The van der Waals surface area contributed by atoms with E-state index in [0.29, 0.717) is 0 Å². The molecule has 1 heterocycles. The molecule has 0 aromatic carbocycles. The van der Waals surface area contributed by atoms with Crippen molar-refractivity contribution in [3.05, 3.63) is 0 Å². The number of ether oxygens (including phenoxy) is 6. The van der Waals surface area contributed by atoms with Crippen molar-refractivity contribution in [3.63, 3.8) is 0 Å². The minimum absolute atomic E-state index is 0.330. The zero-order valence-corrected chi connectivity index (χ0v) is 19.8. The fourth-order valence-electron chi connectivity index (χ4n) is 3.34. The van der Waals surface area contributed by atoms with Crippen molar-refractivity contribution < 1.29 is 52.4 Å². The number of hydrogen-bond donors (Lipinski definition) is 1. The van der Waals surface area contributed by atoms with Crippen LogP contribution in [0, 0.1) is 0 Å². The van der Waals surface area contributed by atoms with Crippen LogP contribution in [0.2, 0.25) is 0 Å². The van der Waals surface area contributed by atoms with Gasteiger partial charge in [0.1, 0.15) is 18.3 Å². The fourth-order valence-corrected chi connectivity index (χ4v) is 3.59. The van der Waals surface area contributed by atoms with Crippen LogP contribution in [0.3, 0.4) is 0 Å². The maximum Gasteiger partial charge on any atom is 0.367 e. The molecule has 0 saturated carbocycles. The van der Waals surface area contributed by atoms with Gasteiger partial charge in [0, 0.05) is 27.9 Å². The predicted molar refractivity (Wildman–Crippen MR) is 109 cm³/mol. The first-order valence-electron chi connectivity index (χ1n) is 9.58. The number of thioether (sulfide) groups is 1. The van der Waals surface area contributed by atoms with Gasteiger partial charge in [-0.1, -0.05) is 0 Å². The minimum Gasteiger partial charge on any atom is -0.465 e. The summed E-state index contributed by atoms with van der Waals surface area (Å²) in [5, 5.41) is 1.93. The zero-order chi connectivity index (χ0) is 24.6. The third-order valence-corrected chi connectivity index (χ3v) is 5.03.